The summed E-state index contributed by atoms with van der Waals surface area (Å²) >= 11 is 0. The van der Waals surface area contributed by atoms with E-state index in [1.54, 1.807) is 0 Å². The van der Waals surface area contributed by atoms with Crippen LogP contribution in [-0.4, -0.2) is 15.8 Å². The van der Waals surface area contributed by atoms with Crippen molar-refractivity contribution >= 4 is 94.5 Å². The minimum absolute atomic E-state index is 0.0912. The largest absolute Gasteiger partial charge is 0.311 e. The highest BCUT2D eigenvalue weighted by molar-refractivity contribution is 7.00. The van der Waals surface area contributed by atoms with E-state index in [2.05, 4.69) is 293 Å². The van der Waals surface area contributed by atoms with Gasteiger partial charge in [0.2, 0.25) is 0 Å². The van der Waals surface area contributed by atoms with Crippen molar-refractivity contribution < 1.29 is 0 Å². The van der Waals surface area contributed by atoms with Gasteiger partial charge in [0.25, 0.3) is 6.71 Å². The maximum absolute atomic E-state index is 2.67. The zero-order valence-corrected chi connectivity index (χ0v) is 43.5. The first kappa shape index (κ1) is 43.7. The van der Waals surface area contributed by atoms with Gasteiger partial charge < -0.3 is 14.0 Å². The molecule has 0 N–H and O–H groups in total. The highest BCUT2D eigenvalue weighted by Crippen LogP contribution is 2.52. The third-order valence-electron chi connectivity index (χ3n) is 17.8. The fourth-order valence-electron chi connectivity index (χ4n) is 14.4. The number of hydrogen-bond acceptors (Lipinski definition) is 1. The zero-order chi connectivity index (χ0) is 52.2. The maximum atomic E-state index is 2.67. The summed E-state index contributed by atoms with van der Waals surface area (Å²) in [4.78, 5) is 2.57. The Morgan fingerprint density at radius 2 is 0.750 bits per heavy atom. The first-order chi connectivity index (χ1) is 39.7. The number of benzene rings is 13. The van der Waals surface area contributed by atoms with Gasteiger partial charge in [-0.1, -0.05) is 218 Å². The lowest BCUT2D eigenvalue weighted by Gasteiger charge is -2.41. The van der Waals surface area contributed by atoms with Gasteiger partial charge in [-0.25, -0.2) is 0 Å². The average Bonchev–Trinajstić information content (AvgIpc) is 4.01. The molecule has 1 aliphatic carbocycles. The summed E-state index contributed by atoms with van der Waals surface area (Å²) in [6.07, 6.45) is 0. The van der Waals surface area contributed by atoms with E-state index in [1.165, 1.54) is 155 Å². The predicted octanol–water partition coefficient (Wildman–Crippen LogP) is 18.0. The molecule has 0 amide bonds. The highest BCUT2D eigenvalue weighted by atomic mass is 15.2. The molecule has 0 saturated carbocycles. The van der Waals surface area contributed by atoms with Crippen LogP contribution in [0.15, 0.2) is 279 Å². The van der Waals surface area contributed by atoms with Crippen molar-refractivity contribution in [1.82, 2.24) is 9.13 Å². The molecule has 4 heteroatoms. The van der Waals surface area contributed by atoms with E-state index in [1.807, 2.05) is 0 Å². The minimum Gasteiger partial charge on any atom is -0.311 e. The van der Waals surface area contributed by atoms with Gasteiger partial charge in [0.15, 0.2) is 0 Å². The zero-order valence-electron chi connectivity index (χ0n) is 43.5. The van der Waals surface area contributed by atoms with E-state index in [0.29, 0.717) is 0 Å². The number of anilines is 3. The molecular weight excluding hydrogens is 966 g/mol. The number of rotatable bonds is 6. The average molecular weight is 1010 g/mol. The molecule has 0 radical (unpaired) electrons. The van der Waals surface area contributed by atoms with Crippen LogP contribution in [0.2, 0.25) is 0 Å². The van der Waals surface area contributed by atoms with Gasteiger partial charge in [-0.15, -0.1) is 0 Å². The van der Waals surface area contributed by atoms with E-state index in [4.69, 9.17) is 0 Å². The van der Waals surface area contributed by atoms with Crippen LogP contribution >= 0.6 is 0 Å². The second-order valence-electron chi connectivity index (χ2n) is 21.9. The van der Waals surface area contributed by atoms with Crippen LogP contribution in [0.25, 0.3) is 133 Å². The molecule has 3 aliphatic rings. The Balaban J connectivity index is 0.995. The molecule has 18 rings (SSSR count). The second-order valence-corrected chi connectivity index (χ2v) is 21.9. The normalized spacial score (nSPS) is 12.7. The molecule has 3 nitrogen and oxygen atoms in total. The van der Waals surface area contributed by atoms with E-state index in [9.17, 15) is 0 Å². The van der Waals surface area contributed by atoms with E-state index in [-0.39, 0.29) is 6.71 Å². The van der Waals surface area contributed by atoms with Crippen molar-refractivity contribution in [1.29, 1.82) is 0 Å². The van der Waals surface area contributed by atoms with Gasteiger partial charge in [-0.3, -0.25) is 0 Å². The Bertz CT molecular complexity index is 5000. The molecule has 0 fully saturated rings. The van der Waals surface area contributed by atoms with Crippen LogP contribution in [0.5, 0.6) is 0 Å². The van der Waals surface area contributed by atoms with Gasteiger partial charge in [0.1, 0.15) is 0 Å². The number of nitrogens with zero attached hydrogens (tertiary/aromatic N) is 3. The summed E-state index contributed by atoms with van der Waals surface area (Å²) in [7, 11) is 0. The van der Waals surface area contributed by atoms with Gasteiger partial charge in [-0.2, -0.15) is 0 Å². The highest BCUT2D eigenvalue weighted by Gasteiger charge is 2.44. The van der Waals surface area contributed by atoms with Crippen LogP contribution in [0.1, 0.15) is 0 Å². The Labute approximate surface area is 463 Å². The van der Waals surface area contributed by atoms with Crippen molar-refractivity contribution in [2.24, 2.45) is 0 Å². The molecule has 13 aromatic carbocycles. The smallest absolute Gasteiger partial charge is 0.252 e. The lowest BCUT2D eigenvalue weighted by atomic mass is 9.33. The third-order valence-corrected chi connectivity index (χ3v) is 17.8. The molecule has 0 bridgehead atoms. The summed E-state index contributed by atoms with van der Waals surface area (Å²) in [5.41, 5.74) is 29.3. The van der Waals surface area contributed by atoms with E-state index >= 15 is 0 Å². The molecule has 0 spiro atoms. The summed E-state index contributed by atoms with van der Waals surface area (Å²) in [6.45, 7) is -0.0912. The fourth-order valence-corrected chi connectivity index (χ4v) is 14.4. The van der Waals surface area contributed by atoms with Crippen LogP contribution < -0.4 is 21.3 Å². The van der Waals surface area contributed by atoms with Crippen molar-refractivity contribution in [3.63, 3.8) is 0 Å². The van der Waals surface area contributed by atoms with Gasteiger partial charge in [0, 0.05) is 44.3 Å². The second kappa shape index (κ2) is 16.5. The van der Waals surface area contributed by atoms with Gasteiger partial charge >= 0.3 is 0 Å². The first-order valence-corrected chi connectivity index (χ1v) is 27.9. The lowest BCUT2D eigenvalue weighted by molar-refractivity contribution is 1.13. The van der Waals surface area contributed by atoms with Gasteiger partial charge in [-0.05, 0) is 155 Å². The van der Waals surface area contributed by atoms with Crippen molar-refractivity contribution in [3.05, 3.63) is 279 Å². The van der Waals surface area contributed by atoms with Gasteiger partial charge in [0.05, 0.1) is 27.8 Å². The Morgan fingerprint density at radius 1 is 0.263 bits per heavy atom. The maximum Gasteiger partial charge on any atom is 0.252 e. The topological polar surface area (TPSA) is 13.1 Å². The number of fused-ring (bicyclic) bond motifs is 11. The Morgan fingerprint density at radius 3 is 1.36 bits per heavy atom. The SMILES string of the molecule is c1ccc(-c2ccc(N3c4ccc(-c5ccccc5)cc4B4c5c3cc(-n3c6ccc(-c7ccccc7)cc6c6cc(-c7ccccc7)ccc63)cc5-n3c5cccc6c5c5c7c(cccc7cc4c53)-c3ccccc3-6)cc2)cc1. The Kier molecular flexibility index (Phi) is 9.03. The van der Waals surface area contributed by atoms with E-state index in [0.717, 1.165) is 11.4 Å². The molecular formula is C76H46BN3. The monoisotopic (exact) mass is 1010 g/mol. The molecule has 4 heterocycles. The Hall–Kier alpha value is -10.4. The van der Waals surface area contributed by atoms with Crippen LogP contribution in [0.3, 0.4) is 0 Å². The third kappa shape index (κ3) is 6.10. The van der Waals surface area contributed by atoms with Crippen molar-refractivity contribution in [2.45, 2.75) is 0 Å². The lowest BCUT2D eigenvalue weighted by Crippen LogP contribution is -2.60. The standard InChI is InChI=1S/C76H46BN3/c1-5-17-47(18-6-1)51-31-36-56(37-32-51)78-68-40-35-54(50-23-11-4-12-24-50)43-64(68)77-65-44-55-25-15-28-60-58-26-13-14-27-59(58)61-29-16-30-69-73(61)74(72(55)60)76(65)80(69)71-46-57(45-70(78)75(71)77)79-66-38-33-52(48-19-7-2-8-20-48)41-62(66)63-42-53(34-39-67(63)79)49-21-9-3-10-22-49/h1-46H. The summed E-state index contributed by atoms with van der Waals surface area (Å²) < 4.78 is 5.22. The summed E-state index contributed by atoms with van der Waals surface area (Å²) in [6, 6.07) is 105. The molecule has 0 saturated heterocycles. The van der Waals surface area contributed by atoms with Crippen LogP contribution in [-0.2, 0) is 0 Å². The summed E-state index contributed by atoms with van der Waals surface area (Å²) in [5.74, 6) is 0. The molecule has 80 heavy (non-hydrogen) atoms. The quantitative estimate of drug-likeness (QED) is 0.151. The first-order valence-electron chi connectivity index (χ1n) is 27.9. The minimum atomic E-state index is -0.0912. The van der Waals surface area contributed by atoms with Crippen molar-refractivity contribution in [2.75, 3.05) is 4.90 Å². The molecule has 0 unspecified atom stereocenters. The predicted molar refractivity (Wildman–Crippen MR) is 338 cm³/mol. The van der Waals surface area contributed by atoms with Crippen LogP contribution in [0.4, 0.5) is 17.1 Å². The van der Waals surface area contributed by atoms with E-state index < -0.39 is 0 Å². The molecule has 368 valence electrons. The van der Waals surface area contributed by atoms with Crippen molar-refractivity contribution in [3.8, 4) is 78.1 Å². The number of hydrogen-bond donors (Lipinski definition) is 0. The molecule has 2 aliphatic heterocycles. The molecule has 0 atom stereocenters. The molecule has 2 aromatic heterocycles. The summed E-state index contributed by atoms with van der Waals surface area (Å²) in [5, 5.41) is 7.69. The fraction of sp³-hybridized carbons (Fsp3) is 0. The van der Waals surface area contributed by atoms with Crippen LogP contribution in [0, 0.1) is 0 Å². The molecule has 15 aromatic rings. The number of aromatic nitrogens is 2.